The highest BCUT2D eigenvalue weighted by Crippen LogP contribution is 2.31. The van der Waals surface area contributed by atoms with Gasteiger partial charge in [0.1, 0.15) is 5.25 Å². The Labute approximate surface area is 131 Å². The summed E-state index contributed by atoms with van der Waals surface area (Å²) >= 11 is 7.26. The van der Waals surface area contributed by atoms with Gasteiger partial charge >= 0.3 is 0 Å². The molecule has 0 bridgehead atoms. The van der Waals surface area contributed by atoms with Gasteiger partial charge in [-0.05, 0) is 24.6 Å². The number of aliphatic imine (C=N–C) groups is 1. The van der Waals surface area contributed by atoms with Crippen LogP contribution in [-0.2, 0) is 9.59 Å². The van der Waals surface area contributed by atoms with Gasteiger partial charge in [-0.15, -0.1) is 0 Å². The number of carbonyl (C=O) groups is 2. The minimum Gasteiger partial charge on any atom is -0.326 e. The molecule has 110 valence electrons. The van der Waals surface area contributed by atoms with E-state index in [1.807, 2.05) is 0 Å². The van der Waals surface area contributed by atoms with Gasteiger partial charge in [0.15, 0.2) is 5.17 Å². The van der Waals surface area contributed by atoms with Crippen LogP contribution in [0.2, 0.25) is 5.02 Å². The van der Waals surface area contributed by atoms with Crippen LogP contribution in [0.15, 0.2) is 29.3 Å². The quantitative estimate of drug-likeness (QED) is 0.929. The van der Waals surface area contributed by atoms with Gasteiger partial charge in [-0.2, -0.15) is 0 Å². The first-order valence-electron chi connectivity index (χ1n) is 6.71. The molecule has 1 fully saturated rings. The summed E-state index contributed by atoms with van der Waals surface area (Å²) < 4.78 is 0. The van der Waals surface area contributed by atoms with E-state index in [-0.39, 0.29) is 23.5 Å². The van der Waals surface area contributed by atoms with Gasteiger partial charge in [-0.1, -0.05) is 29.4 Å². The van der Waals surface area contributed by atoms with Crippen molar-refractivity contribution < 1.29 is 9.59 Å². The number of fused-ring (bicyclic) bond motifs is 1. The van der Waals surface area contributed by atoms with Crippen LogP contribution in [0.25, 0.3) is 0 Å². The van der Waals surface area contributed by atoms with Crippen molar-refractivity contribution in [2.24, 2.45) is 4.99 Å². The second kappa shape index (κ2) is 6.07. The van der Waals surface area contributed by atoms with Crippen LogP contribution in [0.4, 0.5) is 5.69 Å². The van der Waals surface area contributed by atoms with E-state index in [0.717, 1.165) is 18.1 Å². The van der Waals surface area contributed by atoms with E-state index in [1.165, 1.54) is 11.8 Å². The fourth-order valence-electron chi connectivity index (χ4n) is 2.32. The molecular formula is C14H14ClN3O2S. The molecule has 5 nitrogen and oxygen atoms in total. The number of amidine groups is 1. The lowest BCUT2D eigenvalue weighted by Crippen LogP contribution is -2.36. The summed E-state index contributed by atoms with van der Waals surface area (Å²) in [6.45, 7) is 1.46. The Morgan fingerprint density at radius 1 is 1.52 bits per heavy atom. The minimum absolute atomic E-state index is 0.0142. The lowest BCUT2D eigenvalue weighted by Gasteiger charge is -2.19. The summed E-state index contributed by atoms with van der Waals surface area (Å²) in [5.41, 5.74) is 0.637. The number of anilines is 1. The third-order valence-corrected chi connectivity index (χ3v) is 4.73. The van der Waals surface area contributed by atoms with Crippen LogP contribution in [0.3, 0.4) is 0 Å². The van der Waals surface area contributed by atoms with E-state index in [9.17, 15) is 9.59 Å². The molecule has 1 aromatic rings. The topological polar surface area (TPSA) is 61.8 Å². The van der Waals surface area contributed by atoms with Crippen molar-refractivity contribution in [2.45, 2.75) is 18.1 Å². The highest BCUT2D eigenvalue weighted by molar-refractivity contribution is 8.15. The smallest absolute Gasteiger partial charge is 0.242 e. The van der Waals surface area contributed by atoms with Crippen LogP contribution in [-0.4, -0.2) is 40.2 Å². The Hall–Kier alpha value is -1.53. The number of carbonyl (C=O) groups excluding carboxylic acids is 2. The van der Waals surface area contributed by atoms with Crippen molar-refractivity contribution >= 4 is 46.0 Å². The lowest BCUT2D eigenvalue weighted by atomic mass is 10.2. The van der Waals surface area contributed by atoms with Crippen molar-refractivity contribution in [3.63, 3.8) is 0 Å². The Bertz CT molecular complexity index is 620. The maximum atomic E-state index is 12.2. The summed E-state index contributed by atoms with van der Waals surface area (Å²) in [6, 6.07) is 6.95. The molecule has 0 aromatic heterocycles. The summed E-state index contributed by atoms with van der Waals surface area (Å²) in [7, 11) is 0. The molecule has 21 heavy (non-hydrogen) atoms. The maximum Gasteiger partial charge on any atom is 0.242 e. The van der Waals surface area contributed by atoms with E-state index < -0.39 is 0 Å². The molecule has 0 spiro atoms. The third kappa shape index (κ3) is 3.22. The SMILES string of the molecule is O=C(CC1SC2=NCCCN2C1=O)Nc1cccc(Cl)c1. The number of halogens is 1. The summed E-state index contributed by atoms with van der Waals surface area (Å²) in [5.74, 6) is -0.205. The molecular weight excluding hydrogens is 310 g/mol. The Morgan fingerprint density at radius 3 is 3.14 bits per heavy atom. The van der Waals surface area contributed by atoms with E-state index >= 15 is 0 Å². The third-order valence-electron chi connectivity index (χ3n) is 3.29. The molecule has 1 aromatic carbocycles. The molecule has 1 N–H and O–H groups in total. The minimum atomic E-state index is -0.374. The van der Waals surface area contributed by atoms with Crippen molar-refractivity contribution in [1.82, 2.24) is 4.90 Å². The van der Waals surface area contributed by atoms with Crippen LogP contribution in [0, 0.1) is 0 Å². The van der Waals surface area contributed by atoms with E-state index in [4.69, 9.17) is 11.6 Å². The van der Waals surface area contributed by atoms with Crippen molar-refractivity contribution in [3.8, 4) is 0 Å². The number of amides is 2. The van der Waals surface area contributed by atoms with Gasteiger partial charge in [-0.25, -0.2) is 0 Å². The number of nitrogens with zero attached hydrogens (tertiary/aromatic N) is 2. The Kier molecular flexibility index (Phi) is 4.17. The number of hydrogen-bond donors (Lipinski definition) is 1. The standard InChI is InChI=1S/C14H14ClN3O2S/c15-9-3-1-4-10(7-9)17-12(19)8-11-13(20)18-6-2-5-16-14(18)21-11/h1,3-4,7,11H,2,5-6,8H2,(H,17,19). The zero-order valence-corrected chi connectivity index (χ0v) is 12.8. The molecule has 1 unspecified atom stereocenters. The molecule has 1 saturated heterocycles. The lowest BCUT2D eigenvalue weighted by molar-refractivity contribution is -0.128. The average molecular weight is 324 g/mol. The number of thioether (sulfide) groups is 1. The molecule has 0 aliphatic carbocycles. The van der Waals surface area contributed by atoms with E-state index in [2.05, 4.69) is 10.3 Å². The highest BCUT2D eigenvalue weighted by Gasteiger charge is 2.39. The predicted octanol–water partition coefficient (Wildman–Crippen LogP) is 2.37. The van der Waals surface area contributed by atoms with Gasteiger partial charge in [0.2, 0.25) is 11.8 Å². The van der Waals surface area contributed by atoms with Gasteiger partial charge in [-0.3, -0.25) is 19.5 Å². The molecule has 2 aliphatic rings. The molecule has 3 rings (SSSR count). The van der Waals surface area contributed by atoms with Gasteiger partial charge in [0.25, 0.3) is 0 Å². The van der Waals surface area contributed by atoms with Gasteiger partial charge in [0.05, 0.1) is 0 Å². The monoisotopic (exact) mass is 323 g/mol. The van der Waals surface area contributed by atoms with Gasteiger partial charge in [0, 0.05) is 30.2 Å². The molecule has 2 heterocycles. The second-order valence-corrected chi connectivity index (χ2v) is 6.48. The van der Waals surface area contributed by atoms with E-state index in [1.54, 1.807) is 29.2 Å². The van der Waals surface area contributed by atoms with Crippen LogP contribution in [0.1, 0.15) is 12.8 Å². The molecule has 1 atom stereocenters. The molecule has 2 aliphatic heterocycles. The van der Waals surface area contributed by atoms with Crippen LogP contribution >= 0.6 is 23.4 Å². The largest absolute Gasteiger partial charge is 0.326 e. The number of benzene rings is 1. The highest BCUT2D eigenvalue weighted by atomic mass is 35.5. The fraction of sp³-hybridized carbons (Fsp3) is 0.357. The van der Waals surface area contributed by atoms with Crippen LogP contribution < -0.4 is 5.32 Å². The van der Waals surface area contributed by atoms with Crippen molar-refractivity contribution in [3.05, 3.63) is 29.3 Å². The predicted molar refractivity (Wildman–Crippen MR) is 84.7 cm³/mol. The fourth-order valence-corrected chi connectivity index (χ4v) is 3.70. The van der Waals surface area contributed by atoms with Crippen molar-refractivity contribution in [1.29, 1.82) is 0 Å². The first-order chi connectivity index (χ1) is 10.1. The van der Waals surface area contributed by atoms with Gasteiger partial charge < -0.3 is 5.32 Å². The van der Waals surface area contributed by atoms with E-state index in [0.29, 0.717) is 17.3 Å². The Balaban J connectivity index is 1.62. The summed E-state index contributed by atoms with van der Waals surface area (Å²) in [5, 5.41) is 3.71. The second-order valence-electron chi connectivity index (χ2n) is 4.88. The summed E-state index contributed by atoms with van der Waals surface area (Å²) in [6.07, 6.45) is 1.03. The zero-order valence-electron chi connectivity index (χ0n) is 11.2. The zero-order chi connectivity index (χ0) is 14.8. The maximum absolute atomic E-state index is 12.2. The first kappa shape index (κ1) is 14.4. The van der Waals surface area contributed by atoms with Crippen molar-refractivity contribution in [2.75, 3.05) is 18.4 Å². The molecule has 2 amide bonds. The molecule has 0 radical (unpaired) electrons. The Morgan fingerprint density at radius 2 is 2.38 bits per heavy atom. The molecule has 7 heteroatoms. The first-order valence-corrected chi connectivity index (χ1v) is 7.97. The van der Waals surface area contributed by atoms with Crippen LogP contribution in [0.5, 0.6) is 0 Å². The normalized spacial score (nSPS) is 21.0. The molecule has 0 saturated carbocycles. The average Bonchev–Trinajstić information content (AvgIpc) is 2.76. The summed E-state index contributed by atoms with van der Waals surface area (Å²) in [4.78, 5) is 30.3. The number of rotatable bonds is 3. The number of hydrogen-bond acceptors (Lipinski definition) is 4. The number of nitrogens with one attached hydrogen (secondary N) is 1.